The summed E-state index contributed by atoms with van der Waals surface area (Å²) in [7, 11) is 0. The number of carbonyl (C=O) groups excluding carboxylic acids is 1. The molecule has 1 rings (SSSR count). The maximum Gasteiger partial charge on any atom is 0.161 e. The lowest BCUT2D eigenvalue weighted by molar-refractivity contribution is 0.112. The van der Waals surface area contributed by atoms with Gasteiger partial charge in [0, 0.05) is 5.56 Å². The SMILES string of the molecule is Cc1cc(C=O)cc(F)c1F. The third-order valence-electron chi connectivity index (χ3n) is 1.37. The summed E-state index contributed by atoms with van der Waals surface area (Å²) in [5.41, 5.74) is 0.300. The van der Waals surface area contributed by atoms with E-state index in [0.29, 0.717) is 6.29 Å². The van der Waals surface area contributed by atoms with Crippen LogP contribution < -0.4 is 0 Å². The number of benzene rings is 1. The summed E-state index contributed by atoms with van der Waals surface area (Å²) in [6, 6.07) is 2.17. The van der Waals surface area contributed by atoms with Crippen molar-refractivity contribution < 1.29 is 13.6 Å². The molecule has 0 aromatic heterocycles. The summed E-state index contributed by atoms with van der Waals surface area (Å²) in [6.45, 7) is 1.41. The van der Waals surface area contributed by atoms with Crippen molar-refractivity contribution in [2.24, 2.45) is 0 Å². The van der Waals surface area contributed by atoms with E-state index in [1.807, 2.05) is 0 Å². The molecule has 0 saturated heterocycles. The molecule has 0 aliphatic rings. The highest BCUT2D eigenvalue weighted by molar-refractivity contribution is 5.75. The van der Waals surface area contributed by atoms with E-state index in [9.17, 15) is 13.6 Å². The second-order valence-corrected chi connectivity index (χ2v) is 2.25. The molecule has 3 heteroatoms. The summed E-state index contributed by atoms with van der Waals surface area (Å²) in [4.78, 5) is 10.1. The molecule has 11 heavy (non-hydrogen) atoms. The number of aryl methyl sites for hydroxylation is 1. The van der Waals surface area contributed by atoms with Crippen LogP contribution in [0.4, 0.5) is 8.78 Å². The van der Waals surface area contributed by atoms with E-state index in [0.717, 1.165) is 6.07 Å². The molecule has 58 valence electrons. The minimum absolute atomic E-state index is 0.145. The maximum absolute atomic E-state index is 12.6. The van der Waals surface area contributed by atoms with Crippen molar-refractivity contribution in [3.05, 3.63) is 34.9 Å². The van der Waals surface area contributed by atoms with Crippen LogP contribution in [-0.2, 0) is 0 Å². The van der Waals surface area contributed by atoms with Crippen LogP contribution in [-0.4, -0.2) is 6.29 Å². The van der Waals surface area contributed by atoms with Crippen LogP contribution in [0.15, 0.2) is 12.1 Å². The summed E-state index contributed by atoms with van der Waals surface area (Å²) in [6.07, 6.45) is 0.482. The third kappa shape index (κ3) is 1.42. The Balaban J connectivity index is 3.31. The molecule has 1 aromatic carbocycles. The molecule has 0 unspecified atom stereocenters. The van der Waals surface area contributed by atoms with Gasteiger partial charge in [-0.25, -0.2) is 8.78 Å². The van der Waals surface area contributed by atoms with E-state index in [2.05, 4.69) is 0 Å². The van der Waals surface area contributed by atoms with Crippen LogP contribution >= 0.6 is 0 Å². The first kappa shape index (κ1) is 7.85. The Hall–Kier alpha value is -1.25. The number of aldehydes is 1. The third-order valence-corrected chi connectivity index (χ3v) is 1.37. The fourth-order valence-electron chi connectivity index (χ4n) is 0.821. The molecule has 0 aliphatic carbocycles. The lowest BCUT2D eigenvalue weighted by Crippen LogP contribution is -1.91. The average molecular weight is 156 g/mol. The highest BCUT2D eigenvalue weighted by atomic mass is 19.2. The van der Waals surface area contributed by atoms with Crippen LogP contribution in [0, 0.1) is 18.6 Å². The minimum Gasteiger partial charge on any atom is -0.298 e. The molecule has 1 aromatic rings. The molecular weight excluding hydrogens is 150 g/mol. The number of carbonyl (C=O) groups is 1. The van der Waals surface area contributed by atoms with Gasteiger partial charge in [-0.15, -0.1) is 0 Å². The van der Waals surface area contributed by atoms with Gasteiger partial charge >= 0.3 is 0 Å². The van der Waals surface area contributed by atoms with Gasteiger partial charge in [0.1, 0.15) is 6.29 Å². The summed E-state index contributed by atoms with van der Waals surface area (Å²) in [5.74, 6) is -1.87. The average Bonchev–Trinajstić information content (AvgIpc) is 1.99. The van der Waals surface area contributed by atoms with Crippen molar-refractivity contribution in [1.82, 2.24) is 0 Å². The fraction of sp³-hybridized carbons (Fsp3) is 0.125. The lowest BCUT2D eigenvalue weighted by Gasteiger charge is -1.97. The van der Waals surface area contributed by atoms with Gasteiger partial charge in [0.05, 0.1) is 0 Å². The molecule has 0 fully saturated rings. The number of rotatable bonds is 1. The van der Waals surface area contributed by atoms with Gasteiger partial charge < -0.3 is 0 Å². The molecule has 0 aliphatic heterocycles. The normalized spacial score (nSPS) is 9.73. The quantitative estimate of drug-likeness (QED) is 0.569. The van der Waals surface area contributed by atoms with Crippen LogP contribution in [0.1, 0.15) is 15.9 Å². The van der Waals surface area contributed by atoms with Gasteiger partial charge in [-0.3, -0.25) is 4.79 Å². The van der Waals surface area contributed by atoms with Crippen molar-refractivity contribution in [3.8, 4) is 0 Å². The molecule has 1 nitrogen and oxygen atoms in total. The number of halogens is 2. The standard InChI is InChI=1S/C8H6F2O/c1-5-2-6(4-11)3-7(9)8(5)10/h2-4H,1H3. The maximum atomic E-state index is 12.6. The predicted molar refractivity (Wildman–Crippen MR) is 36.5 cm³/mol. The highest BCUT2D eigenvalue weighted by Crippen LogP contribution is 2.12. The second-order valence-electron chi connectivity index (χ2n) is 2.25. The second kappa shape index (κ2) is 2.78. The van der Waals surface area contributed by atoms with Gasteiger partial charge in [-0.2, -0.15) is 0 Å². The van der Waals surface area contributed by atoms with Gasteiger partial charge in [0.15, 0.2) is 11.6 Å². The van der Waals surface area contributed by atoms with Crippen molar-refractivity contribution in [3.63, 3.8) is 0 Å². The molecule has 0 N–H and O–H groups in total. The summed E-state index contributed by atoms with van der Waals surface area (Å²) < 4.78 is 25.0. The minimum atomic E-state index is -0.980. The molecule has 0 radical (unpaired) electrons. The Morgan fingerprint density at radius 3 is 2.45 bits per heavy atom. The van der Waals surface area contributed by atoms with Crippen LogP contribution in [0.5, 0.6) is 0 Å². The van der Waals surface area contributed by atoms with Gasteiger partial charge in [0.25, 0.3) is 0 Å². The van der Waals surface area contributed by atoms with E-state index in [-0.39, 0.29) is 11.1 Å². The monoisotopic (exact) mass is 156 g/mol. The summed E-state index contributed by atoms with van der Waals surface area (Å²) in [5, 5.41) is 0. The highest BCUT2D eigenvalue weighted by Gasteiger charge is 2.05. The van der Waals surface area contributed by atoms with Crippen LogP contribution in [0.2, 0.25) is 0 Å². The first-order chi connectivity index (χ1) is 5.15. The summed E-state index contributed by atoms with van der Waals surface area (Å²) >= 11 is 0. The molecule has 0 amide bonds. The number of hydrogen-bond donors (Lipinski definition) is 0. The first-order valence-corrected chi connectivity index (χ1v) is 3.06. The Morgan fingerprint density at radius 1 is 1.36 bits per heavy atom. The van der Waals surface area contributed by atoms with Crippen molar-refractivity contribution in [2.75, 3.05) is 0 Å². The zero-order valence-corrected chi connectivity index (χ0v) is 5.90. The first-order valence-electron chi connectivity index (χ1n) is 3.06. The smallest absolute Gasteiger partial charge is 0.161 e. The fourth-order valence-corrected chi connectivity index (χ4v) is 0.821. The van der Waals surface area contributed by atoms with Crippen LogP contribution in [0.25, 0.3) is 0 Å². The Kier molecular flexibility index (Phi) is 1.98. The zero-order chi connectivity index (χ0) is 8.43. The van der Waals surface area contributed by atoms with E-state index < -0.39 is 11.6 Å². The molecule has 0 saturated carbocycles. The Morgan fingerprint density at radius 2 is 2.00 bits per heavy atom. The van der Waals surface area contributed by atoms with Crippen molar-refractivity contribution >= 4 is 6.29 Å². The van der Waals surface area contributed by atoms with Gasteiger partial charge in [-0.05, 0) is 24.6 Å². The molecular formula is C8H6F2O. The molecule has 0 spiro atoms. The van der Waals surface area contributed by atoms with Gasteiger partial charge in [-0.1, -0.05) is 0 Å². The van der Waals surface area contributed by atoms with Crippen molar-refractivity contribution in [1.29, 1.82) is 0 Å². The Bertz CT molecular complexity index is 271. The zero-order valence-electron chi connectivity index (χ0n) is 5.90. The predicted octanol–water partition coefficient (Wildman–Crippen LogP) is 2.09. The molecule has 0 bridgehead atoms. The van der Waals surface area contributed by atoms with Crippen molar-refractivity contribution in [2.45, 2.75) is 6.92 Å². The molecule has 0 heterocycles. The van der Waals surface area contributed by atoms with E-state index in [1.54, 1.807) is 0 Å². The Labute approximate surface area is 62.7 Å². The van der Waals surface area contributed by atoms with Gasteiger partial charge in [0.2, 0.25) is 0 Å². The van der Waals surface area contributed by atoms with E-state index in [1.165, 1.54) is 13.0 Å². The number of hydrogen-bond acceptors (Lipinski definition) is 1. The van der Waals surface area contributed by atoms with E-state index >= 15 is 0 Å². The molecule has 0 atom stereocenters. The lowest BCUT2D eigenvalue weighted by atomic mass is 10.1. The van der Waals surface area contributed by atoms with Crippen LogP contribution in [0.3, 0.4) is 0 Å². The largest absolute Gasteiger partial charge is 0.298 e. The van der Waals surface area contributed by atoms with E-state index in [4.69, 9.17) is 0 Å². The topological polar surface area (TPSA) is 17.1 Å².